The summed E-state index contributed by atoms with van der Waals surface area (Å²) in [6.45, 7) is 1.04. The van der Waals surface area contributed by atoms with Gasteiger partial charge in [-0.1, -0.05) is 30.3 Å². The number of likely N-dealkylation sites (N-methyl/N-ethyl adjacent to an activating group) is 1. The second-order valence-electron chi connectivity index (χ2n) is 6.20. The first kappa shape index (κ1) is 16.4. The lowest BCUT2D eigenvalue weighted by Gasteiger charge is -2.24. The number of hydrogen-bond acceptors (Lipinski definition) is 3. The Bertz CT molecular complexity index is 678. The van der Waals surface area contributed by atoms with E-state index in [1.54, 1.807) is 12.0 Å². The fourth-order valence-corrected chi connectivity index (χ4v) is 2.95. The molecule has 1 amide bonds. The van der Waals surface area contributed by atoms with Crippen molar-refractivity contribution in [2.24, 2.45) is 0 Å². The number of ether oxygens (including phenoxy) is 2. The molecule has 1 aliphatic carbocycles. The van der Waals surface area contributed by atoms with Crippen LogP contribution in [0.5, 0.6) is 11.5 Å². The quantitative estimate of drug-likeness (QED) is 0.784. The van der Waals surface area contributed by atoms with Crippen LogP contribution in [0.3, 0.4) is 0 Å². The summed E-state index contributed by atoms with van der Waals surface area (Å²) in [5.74, 6) is 1.76. The molecule has 4 heteroatoms. The number of methoxy groups -OCH3 is 1. The Morgan fingerprint density at radius 1 is 1.04 bits per heavy atom. The van der Waals surface area contributed by atoms with Gasteiger partial charge in [0.1, 0.15) is 18.1 Å². The lowest BCUT2D eigenvalue weighted by molar-refractivity contribution is -0.133. The van der Waals surface area contributed by atoms with Crippen LogP contribution in [-0.2, 0) is 10.2 Å². The Morgan fingerprint density at radius 3 is 2.25 bits per heavy atom. The van der Waals surface area contributed by atoms with Gasteiger partial charge in [-0.25, -0.2) is 0 Å². The lowest BCUT2D eigenvalue weighted by Crippen LogP contribution is -2.38. The van der Waals surface area contributed by atoms with E-state index < -0.39 is 0 Å². The molecule has 24 heavy (non-hydrogen) atoms. The largest absolute Gasteiger partial charge is 0.497 e. The number of hydrogen-bond donors (Lipinski definition) is 0. The predicted octanol–water partition coefficient (Wildman–Crippen LogP) is 3.26. The number of rotatable bonds is 7. The summed E-state index contributed by atoms with van der Waals surface area (Å²) in [6.07, 6.45) is 1.86. The first-order valence-electron chi connectivity index (χ1n) is 8.24. The van der Waals surface area contributed by atoms with E-state index in [1.807, 2.05) is 61.6 Å². The number of nitrogens with zero attached hydrogens (tertiary/aromatic N) is 1. The highest BCUT2D eigenvalue weighted by Crippen LogP contribution is 2.49. The molecule has 0 unspecified atom stereocenters. The van der Waals surface area contributed by atoms with Gasteiger partial charge < -0.3 is 14.4 Å². The van der Waals surface area contributed by atoms with Crippen LogP contribution in [-0.4, -0.2) is 38.1 Å². The molecule has 4 nitrogen and oxygen atoms in total. The van der Waals surface area contributed by atoms with Crippen molar-refractivity contribution in [1.82, 2.24) is 4.90 Å². The van der Waals surface area contributed by atoms with Gasteiger partial charge in [-0.3, -0.25) is 4.79 Å². The summed E-state index contributed by atoms with van der Waals surface area (Å²) in [5.41, 5.74) is 0.814. The summed E-state index contributed by atoms with van der Waals surface area (Å²) < 4.78 is 10.8. The second kappa shape index (κ2) is 6.95. The number of amides is 1. The Hall–Kier alpha value is -2.49. The van der Waals surface area contributed by atoms with E-state index in [9.17, 15) is 4.79 Å². The summed E-state index contributed by atoms with van der Waals surface area (Å²) in [6, 6.07) is 17.5. The zero-order valence-electron chi connectivity index (χ0n) is 14.2. The molecule has 0 aliphatic heterocycles. The standard InChI is InChI=1S/C20H23NO3/c1-21(14-15-24-18-10-8-17(23-2)9-11-18)19(22)20(12-13-20)16-6-4-3-5-7-16/h3-11H,12-15H2,1-2H3. The van der Waals surface area contributed by atoms with Gasteiger partial charge in [-0.15, -0.1) is 0 Å². The van der Waals surface area contributed by atoms with Crippen molar-refractivity contribution < 1.29 is 14.3 Å². The van der Waals surface area contributed by atoms with E-state index in [0.717, 1.165) is 29.9 Å². The zero-order valence-corrected chi connectivity index (χ0v) is 14.2. The monoisotopic (exact) mass is 325 g/mol. The first-order chi connectivity index (χ1) is 11.7. The maximum atomic E-state index is 12.8. The number of carbonyl (C=O) groups excluding carboxylic acids is 1. The van der Waals surface area contributed by atoms with Crippen LogP contribution in [0.2, 0.25) is 0 Å². The van der Waals surface area contributed by atoms with Gasteiger partial charge in [0, 0.05) is 7.05 Å². The molecule has 0 aromatic heterocycles. The Labute approximate surface area is 143 Å². The molecule has 1 fully saturated rings. The molecule has 3 rings (SSSR count). The maximum absolute atomic E-state index is 12.8. The average molecular weight is 325 g/mol. The van der Waals surface area contributed by atoms with Crippen LogP contribution in [0.1, 0.15) is 18.4 Å². The van der Waals surface area contributed by atoms with Crippen molar-refractivity contribution in [3.8, 4) is 11.5 Å². The Morgan fingerprint density at radius 2 is 1.67 bits per heavy atom. The maximum Gasteiger partial charge on any atom is 0.233 e. The van der Waals surface area contributed by atoms with E-state index in [4.69, 9.17) is 9.47 Å². The number of benzene rings is 2. The summed E-state index contributed by atoms with van der Waals surface area (Å²) in [7, 11) is 3.49. The normalized spacial score (nSPS) is 14.8. The Kier molecular flexibility index (Phi) is 4.74. The molecule has 0 heterocycles. The van der Waals surface area contributed by atoms with Crippen LogP contribution >= 0.6 is 0 Å². The van der Waals surface area contributed by atoms with Crippen molar-refractivity contribution >= 4 is 5.91 Å². The molecular formula is C20H23NO3. The summed E-state index contributed by atoms with van der Waals surface area (Å²) in [4.78, 5) is 14.6. The van der Waals surface area contributed by atoms with Crippen LogP contribution < -0.4 is 9.47 Å². The van der Waals surface area contributed by atoms with Crippen molar-refractivity contribution in [2.45, 2.75) is 18.3 Å². The highest BCUT2D eigenvalue weighted by molar-refractivity contribution is 5.91. The molecule has 0 bridgehead atoms. The minimum Gasteiger partial charge on any atom is -0.497 e. The highest BCUT2D eigenvalue weighted by atomic mass is 16.5. The van der Waals surface area contributed by atoms with Gasteiger partial charge >= 0.3 is 0 Å². The van der Waals surface area contributed by atoms with Crippen LogP contribution in [0, 0.1) is 0 Å². The molecule has 0 saturated heterocycles. The highest BCUT2D eigenvalue weighted by Gasteiger charge is 2.52. The Balaban J connectivity index is 1.53. The molecule has 0 radical (unpaired) electrons. The van der Waals surface area contributed by atoms with Gasteiger partial charge in [0.2, 0.25) is 5.91 Å². The van der Waals surface area contributed by atoms with E-state index in [-0.39, 0.29) is 11.3 Å². The van der Waals surface area contributed by atoms with Crippen LogP contribution in [0.15, 0.2) is 54.6 Å². The average Bonchev–Trinajstić information content (AvgIpc) is 3.44. The third kappa shape index (κ3) is 3.37. The van der Waals surface area contributed by atoms with Gasteiger partial charge in [-0.05, 0) is 42.7 Å². The van der Waals surface area contributed by atoms with Crippen LogP contribution in [0.25, 0.3) is 0 Å². The first-order valence-corrected chi connectivity index (χ1v) is 8.24. The molecule has 1 aliphatic rings. The van der Waals surface area contributed by atoms with Crippen LogP contribution in [0.4, 0.5) is 0 Å². The SMILES string of the molecule is COc1ccc(OCCN(C)C(=O)C2(c3ccccc3)CC2)cc1. The number of carbonyl (C=O) groups is 1. The van der Waals surface area contributed by atoms with Crippen molar-refractivity contribution in [3.05, 3.63) is 60.2 Å². The third-order valence-corrected chi connectivity index (χ3v) is 4.59. The van der Waals surface area contributed by atoms with E-state index in [0.29, 0.717) is 13.2 Å². The fourth-order valence-electron chi connectivity index (χ4n) is 2.95. The summed E-state index contributed by atoms with van der Waals surface area (Å²) in [5, 5.41) is 0. The summed E-state index contributed by atoms with van der Waals surface area (Å²) >= 11 is 0. The molecule has 0 spiro atoms. The van der Waals surface area contributed by atoms with E-state index >= 15 is 0 Å². The fraction of sp³-hybridized carbons (Fsp3) is 0.350. The molecule has 126 valence electrons. The second-order valence-corrected chi connectivity index (χ2v) is 6.20. The predicted molar refractivity (Wildman–Crippen MR) is 93.5 cm³/mol. The zero-order chi connectivity index (χ0) is 17.0. The van der Waals surface area contributed by atoms with E-state index in [2.05, 4.69) is 0 Å². The van der Waals surface area contributed by atoms with Gasteiger partial charge in [0.15, 0.2) is 0 Å². The smallest absolute Gasteiger partial charge is 0.233 e. The van der Waals surface area contributed by atoms with Gasteiger partial charge in [0.25, 0.3) is 0 Å². The molecule has 1 saturated carbocycles. The molecule has 2 aromatic carbocycles. The minimum atomic E-state index is -0.309. The lowest BCUT2D eigenvalue weighted by atomic mass is 9.94. The van der Waals surface area contributed by atoms with Gasteiger partial charge in [0.05, 0.1) is 19.1 Å². The van der Waals surface area contributed by atoms with E-state index in [1.165, 1.54) is 0 Å². The van der Waals surface area contributed by atoms with Gasteiger partial charge in [-0.2, -0.15) is 0 Å². The van der Waals surface area contributed by atoms with Crippen molar-refractivity contribution in [3.63, 3.8) is 0 Å². The minimum absolute atomic E-state index is 0.187. The molecule has 2 aromatic rings. The molecule has 0 N–H and O–H groups in total. The molecular weight excluding hydrogens is 302 g/mol. The third-order valence-electron chi connectivity index (χ3n) is 4.59. The molecule has 0 atom stereocenters. The topological polar surface area (TPSA) is 38.8 Å². The van der Waals surface area contributed by atoms with Crippen molar-refractivity contribution in [2.75, 3.05) is 27.3 Å². The van der Waals surface area contributed by atoms with Crippen molar-refractivity contribution in [1.29, 1.82) is 0 Å².